The van der Waals surface area contributed by atoms with E-state index in [2.05, 4.69) is 15.5 Å². The molecule has 2 aliphatic heterocycles. The standard InChI is InChI=1S/C31H35N5O4/c37-31(33-30-21-28(23-7-6-17-39-22-23)34-36(30)24-8-2-1-3-9-24)32-27-12-13-29(26-11-5-4-10-25(26)27)40-20-16-35-14-18-38-19-15-35/h1-5,8-13,21,23H,6-7,14-20,22H2,(H2,32,33,37)/t23-/m1/s1. The summed E-state index contributed by atoms with van der Waals surface area (Å²) in [6.07, 6.45) is 2.02. The molecule has 2 fully saturated rings. The van der Waals surface area contributed by atoms with Crippen LogP contribution in [0.2, 0.25) is 0 Å². The normalized spacial score (nSPS) is 17.9. The lowest BCUT2D eigenvalue weighted by molar-refractivity contribution is 0.0323. The molecule has 3 heterocycles. The monoisotopic (exact) mass is 541 g/mol. The Morgan fingerprint density at radius 2 is 1.73 bits per heavy atom. The van der Waals surface area contributed by atoms with Crippen LogP contribution in [-0.2, 0) is 9.47 Å². The SMILES string of the molecule is O=C(Nc1ccc(OCCN2CCOCC2)c2ccccc12)Nc1cc([C@@H]2CCCOC2)nn1-c1ccccc1. The molecule has 6 rings (SSSR count). The topological polar surface area (TPSA) is 89.9 Å². The van der Waals surface area contributed by atoms with Crippen LogP contribution >= 0.6 is 0 Å². The number of carbonyl (C=O) groups excluding carboxylic acids is 1. The van der Waals surface area contributed by atoms with Crippen molar-refractivity contribution in [2.24, 2.45) is 0 Å². The first kappa shape index (κ1) is 26.3. The smallest absolute Gasteiger partial charge is 0.324 e. The van der Waals surface area contributed by atoms with E-state index in [0.717, 1.165) is 80.2 Å². The van der Waals surface area contributed by atoms with E-state index >= 15 is 0 Å². The number of hydrogen-bond donors (Lipinski definition) is 2. The molecule has 1 aromatic heterocycles. The second-order valence-corrected chi connectivity index (χ2v) is 10.2. The maximum absolute atomic E-state index is 13.3. The third-order valence-electron chi connectivity index (χ3n) is 7.45. The third kappa shape index (κ3) is 6.12. The molecule has 0 unspecified atom stereocenters. The Hall–Kier alpha value is -3.92. The maximum Gasteiger partial charge on any atom is 0.324 e. The summed E-state index contributed by atoms with van der Waals surface area (Å²) in [5, 5.41) is 12.8. The van der Waals surface area contributed by atoms with Crippen LogP contribution in [0.1, 0.15) is 24.5 Å². The first-order chi connectivity index (χ1) is 19.7. The van der Waals surface area contributed by atoms with E-state index in [4.69, 9.17) is 19.3 Å². The number of ether oxygens (including phenoxy) is 3. The molecule has 2 aliphatic rings. The molecule has 1 atom stereocenters. The Kier molecular flexibility index (Phi) is 8.23. The molecule has 9 nitrogen and oxygen atoms in total. The van der Waals surface area contributed by atoms with Gasteiger partial charge in [-0.05, 0) is 37.1 Å². The van der Waals surface area contributed by atoms with Crippen molar-refractivity contribution in [1.29, 1.82) is 0 Å². The Morgan fingerprint density at radius 1 is 0.925 bits per heavy atom. The minimum absolute atomic E-state index is 0.210. The number of urea groups is 1. The number of carbonyl (C=O) groups is 1. The Morgan fingerprint density at radius 3 is 2.52 bits per heavy atom. The molecule has 2 amide bonds. The summed E-state index contributed by atoms with van der Waals surface area (Å²) < 4.78 is 19.1. The fraction of sp³-hybridized carbons (Fsp3) is 0.355. The second-order valence-electron chi connectivity index (χ2n) is 10.2. The molecule has 208 valence electrons. The van der Waals surface area contributed by atoms with Gasteiger partial charge in [-0.2, -0.15) is 5.10 Å². The molecular formula is C31H35N5O4. The van der Waals surface area contributed by atoms with Crippen LogP contribution in [-0.4, -0.2) is 73.4 Å². The van der Waals surface area contributed by atoms with E-state index in [0.29, 0.717) is 24.7 Å². The van der Waals surface area contributed by atoms with Crippen LogP contribution in [0.5, 0.6) is 5.75 Å². The van der Waals surface area contributed by atoms with E-state index in [-0.39, 0.29) is 11.9 Å². The van der Waals surface area contributed by atoms with Crippen LogP contribution in [0.4, 0.5) is 16.3 Å². The van der Waals surface area contributed by atoms with Gasteiger partial charge in [-0.1, -0.05) is 42.5 Å². The van der Waals surface area contributed by atoms with Crippen molar-refractivity contribution >= 4 is 28.3 Å². The molecule has 4 aromatic rings. The van der Waals surface area contributed by atoms with Crippen molar-refractivity contribution in [3.63, 3.8) is 0 Å². The van der Waals surface area contributed by atoms with Crippen molar-refractivity contribution in [3.8, 4) is 11.4 Å². The number of anilines is 2. The summed E-state index contributed by atoms with van der Waals surface area (Å²) >= 11 is 0. The summed E-state index contributed by atoms with van der Waals surface area (Å²) in [6.45, 7) is 6.28. The van der Waals surface area contributed by atoms with Crippen molar-refractivity contribution in [3.05, 3.63) is 78.5 Å². The number of nitrogens with one attached hydrogen (secondary N) is 2. The molecule has 0 saturated carbocycles. The van der Waals surface area contributed by atoms with Crippen LogP contribution in [0, 0.1) is 0 Å². The molecule has 0 radical (unpaired) electrons. The highest BCUT2D eigenvalue weighted by molar-refractivity contribution is 6.07. The number of rotatable bonds is 8. The summed E-state index contributed by atoms with van der Waals surface area (Å²) in [5.74, 6) is 1.62. The van der Waals surface area contributed by atoms with Gasteiger partial charge >= 0.3 is 6.03 Å². The maximum atomic E-state index is 13.3. The Labute approximate surface area is 234 Å². The van der Waals surface area contributed by atoms with Crippen LogP contribution in [0.3, 0.4) is 0 Å². The lowest BCUT2D eigenvalue weighted by Crippen LogP contribution is -2.38. The zero-order valence-corrected chi connectivity index (χ0v) is 22.6. The van der Waals surface area contributed by atoms with Gasteiger partial charge in [-0.25, -0.2) is 9.48 Å². The zero-order valence-electron chi connectivity index (χ0n) is 22.6. The van der Waals surface area contributed by atoms with Gasteiger partial charge in [0, 0.05) is 49.0 Å². The average Bonchev–Trinajstić information content (AvgIpc) is 3.43. The van der Waals surface area contributed by atoms with Crippen molar-refractivity contribution in [1.82, 2.24) is 14.7 Å². The molecule has 2 N–H and O–H groups in total. The highest BCUT2D eigenvalue weighted by Gasteiger charge is 2.22. The summed E-state index contributed by atoms with van der Waals surface area (Å²) in [6, 6.07) is 23.2. The minimum Gasteiger partial charge on any atom is -0.492 e. The van der Waals surface area contributed by atoms with E-state index in [1.165, 1.54) is 0 Å². The van der Waals surface area contributed by atoms with Crippen molar-refractivity contribution in [2.45, 2.75) is 18.8 Å². The van der Waals surface area contributed by atoms with Gasteiger partial charge in [0.15, 0.2) is 0 Å². The minimum atomic E-state index is -0.338. The van der Waals surface area contributed by atoms with Crippen LogP contribution < -0.4 is 15.4 Å². The largest absolute Gasteiger partial charge is 0.492 e. The zero-order chi connectivity index (χ0) is 27.1. The molecule has 0 spiro atoms. The first-order valence-electron chi connectivity index (χ1n) is 14.0. The van der Waals surface area contributed by atoms with Gasteiger partial charge in [0.2, 0.25) is 0 Å². The number of amides is 2. The predicted octanol–water partition coefficient (Wildman–Crippen LogP) is 5.27. The molecular weight excluding hydrogens is 506 g/mol. The number of hydrogen-bond acceptors (Lipinski definition) is 6. The van der Waals surface area contributed by atoms with Gasteiger partial charge in [-0.15, -0.1) is 0 Å². The fourth-order valence-corrected chi connectivity index (χ4v) is 5.31. The molecule has 0 aliphatic carbocycles. The predicted molar refractivity (Wildman–Crippen MR) is 156 cm³/mol. The van der Waals surface area contributed by atoms with Gasteiger partial charge in [0.1, 0.15) is 18.2 Å². The molecule has 2 saturated heterocycles. The Bertz CT molecular complexity index is 1430. The molecule has 3 aromatic carbocycles. The number of fused-ring (bicyclic) bond motifs is 1. The summed E-state index contributed by atoms with van der Waals surface area (Å²) in [5.41, 5.74) is 2.51. The average molecular weight is 542 g/mol. The first-order valence-corrected chi connectivity index (χ1v) is 14.0. The van der Waals surface area contributed by atoms with Crippen LogP contribution in [0.25, 0.3) is 16.5 Å². The molecule has 9 heteroatoms. The second kappa shape index (κ2) is 12.5. The Balaban J connectivity index is 1.18. The van der Waals surface area contributed by atoms with E-state index in [9.17, 15) is 4.79 Å². The summed E-state index contributed by atoms with van der Waals surface area (Å²) in [7, 11) is 0. The van der Waals surface area contributed by atoms with Gasteiger partial charge < -0.3 is 19.5 Å². The lowest BCUT2D eigenvalue weighted by Gasteiger charge is -2.26. The highest BCUT2D eigenvalue weighted by atomic mass is 16.5. The quantitative estimate of drug-likeness (QED) is 0.316. The summed E-state index contributed by atoms with van der Waals surface area (Å²) in [4.78, 5) is 15.6. The van der Waals surface area contributed by atoms with Gasteiger partial charge in [0.25, 0.3) is 0 Å². The number of aromatic nitrogens is 2. The molecule has 0 bridgehead atoms. The van der Waals surface area contributed by atoms with E-state index < -0.39 is 0 Å². The third-order valence-corrected chi connectivity index (χ3v) is 7.45. The van der Waals surface area contributed by atoms with Gasteiger partial charge in [-0.3, -0.25) is 10.2 Å². The number of para-hydroxylation sites is 1. The van der Waals surface area contributed by atoms with Gasteiger partial charge in [0.05, 0.1) is 36.9 Å². The fourth-order valence-electron chi connectivity index (χ4n) is 5.31. The number of nitrogens with zero attached hydrogens (tertiary/aromatic N) is 3. The number of morpholine rings is 1. The van der Waals surface area contributed by atoms with E-state index in [1.54, 1.807) is 4.68 Å². The van der Waals surface area contributed by atoms with Crippen LogP contribution in [0.15, 0.2) is 72.8 Å². The van der Waals surface area contributed by atoms with Crippen molar-refractivity contribution in [2.75, 3.05) is 63.3 Å². The van der Waals surface area contributed by atoms with E-state index in [1.807, 2.05) is 72.8 Å². The number of benzene rings is 3. The highest BCUT2D eigenvalue weighted by Crippen LogP contribution is 2.32. The van der Waals surface area contributed by atoms with Crippen molar-refractivity contribution < 1.29 is 19.0 Å². The molecule has 40 heavy (non-hydrogen) atoms. The lowest BCUT2D eigenvalue weighted by atomic mass is 9.99.